The third-order valence-electron chi connectivity index (χ3n) is 8.36. The van der Waals surface area contributed by atoms with Crippen LogP contribution < -0.4 is 9.64 Å². The molecule has 0 N–H and O–H groups in total. The van der Waals surface area contributed by atoms with Gasteiger partial charge in [0.2, 0.25) is 11.8 Å². The van der Waals surface area contributed by atoms with Gasteiger partial charge in [-0.25, -0.2) is 4.98 Å². The van der Waals surface area contributed by atoms with Gasteiger partial charge in [-0.05, 0) is 42.7 Å². The Bertz CT molecular complexity index is 1490. The van der Waals surface area contributed by atoms with Crippen LogP contribution in [0.25, 0.3) is 11.0 Å². The zero-order chi connectivity index (χ0) is 27.5. The van der Waals surface area contributed by atoms with Gasteiger partial charge >= 0.3 is 0 Å². The Morgan fingerprint density at radius 2 is 1.75 bits per heavy atom. The van der Waals surface area contributed by atoms with Gasteiger partial charge in [-0.15, -0.1) is 0 Å². The number of aromatic nitrogens is 2. The summed E-state index contributed by atoms with van der Waals surface area (Å²) in [7, 11) is 1.63. The zero-order valence-electron chi connectivity index (χ0n) is 23.0. The lowest BCUT2D eigenvalue weighted by Crippen LogP contribution is -2.42. The molecule has 1 atom stereocenters. The smallest absolute Gasteiger partial charge is 0.243 e. The molecule has 1 unspecified atom stereocenters. The van der Waals surface area contributed by atoms with Crippen molar-refractivity contribution in [3.05, 3.63) is 90.3 Å². The van der Waals surface area contributed by atoms with Crippen molar-refractivity contribution < 1.29 is 14.3 Å². The molecule has 0 spiro atoms. The number of imidazole rings is 1. The largest absolute Gasteiger partial charge is 0.497 e. The van der Waals surface area contributed by atoms with Crippen LogP contribution in [0.4, 0.5) is 5.69 Å². The third kappa shape index (κ3) is 5.33. The quantitative estimate of drug-likeness (QED) is 0.280. The van der Waals surface area contributed by atoms with Crippen LogP contribution >= 0.6 is 0 Å². The number of hydrogen-bond acceptors (Lipinski definition) is 4. The standard InChI is InChI=1S/C33H36N4O3/c1-40-28-16-10-15-27(20-28)36-22-25(19-31(36)38)33-34-29-17-8-9-18-30(29)37(33)23-32(39)35(26-13-6-3-7-14-26)21-24-11-4-2-5-12-24/h2,4-5,8-12,15-18,20,25-26H,3,6-7,13-14,19,21-23H2,1H3. The summed E-state index contributed by atoms with van der Waals surface area (Å²) in [4.78, 5) is 36.2. The fraction of sp³-hybridized carbons (Fsp3) is 0.364. The highest BCUT2D eigenvalue weighted by Gasteiger charge is 2.36. The molecule has 2 aliphatic rings. The maximum atomic E-state index is 14.1. The number of methoxy groups -OCH3 is 1. The average molecular weight is 537 g/mol. The minimum atomic E-state index is -0.115. The summed E-state index contributed by atoms with van der Waals surface area (Å²) in [6.07, 6.45) is 6.00. The van der Waals surface area contributed by atoms with Gasteiger partial charge in [-0.3, -0.25) is 9.59 Å². The lowest BCUT2D eigenvalue weighted by molar-refractivity contribution is -0.135. The molecule has 0 bridgehead atoms. The highest BCUT2D eigenvalue weighted by atomic mass is 16.5. The van der Waals surface area contributed by atoms with E-state index in [2.05, 4.69) is 21.6 Å². The lowest BCUT2D eigenvalue weighted by atomic mass is 9.93. The molecular weight excluding hydrogens is 500 g/mol. The summed E-state index contributed by atoms with van der Waals surface area (Å²) in [5.41, 5.74) is 3.75. The molecule has 2 heterocycles. The summed E-state index contributed by atoms with van der Waals surface area (Å²) in [5.74, 6) is 1.56. The number of carbonyl (C=O) groups excluding carboxylic acids is 2. The van der Waals surface area contributed by atoms with Crippen molar-refractivity contribution in [1.29, 1.82) is 0 Å². The maximum Gasteiger partial charge on any atom is 0.243 e. The van der Waals surface area contributed by atoms with E-state index in [4.69, 9.17) is 9.72 Å². The molecule has 2 amide bonds. The van der Waals surface area contributed by atoms with Crippen LogP contribution in [0.1, 0.15) is 55.8 Å². The molecule has 0 radical (unpaired) electrons. The van der Waals surface area contributed by atoms with E-state index in [1.165, 1.54) is 6.42 Å². The number of carbonyl (C=O) groups is 2. The summed E-state index contributed by atoms with van der Waals surface area (Å²) >= 11 is 0. The van der Waals surface area contributed by atoms with Crippen LogP contribution in [0.3, 0.4) is 0 Å². The number of benzene rings is 3. The Hall–Kier alpha value is -4.13. The molecule has 1 aliphatic heterocycles. The minimum absolute atomic E-state index is 0.0519. The molecule has 3 aromatic carbocycles. The van der Waals surface area contributed by atoms with Crippen LogP contribution in [0.5, 0.6) is 5.75 Å². The molecule has 4 aromatic rings. The Morgan fingerprint density at radius 3 is 2.55 bits per heavy atom. The second kappa shape index (κ2) is 11.5. The van der Waals surface area contributed by atoms with Gasteiger partial charge < -0.3 is 19.1 Å². The normalized spacial score (nSPS) is 17.9. The predicted molar refractivity (Wildman–Crippen MR) is 156 cm³/mol. The van der Waals surface area contributed by atoms with E-state index in [0.29, 0.717) is 25.3 Å². The fourth-order valence-corrected chi connectivity index (χ4v) is 6.30. The van der Waals surface area contributed by atoms with E-state index in [0.717, 1.165) is 53.8 Å². The first-order chi connectivity index (χ1) is 19.6. The Balaban J connectivity index is 1.31. The Kier molecular flexibility index (Phi) is 7.53. The van der Waals surface area contributed by atoms with Gasteiger partial charge in [0, 0.05) is 43.2 Å². The molecule has 2 fully saturated rings. The number of nitrogens with zero attached hydrogens (tertiary/aromatic N) is 4. The second-order valence-electron chi connectivity index (χ2n) is 11.0. The predicted octanol–water partition coefficient (Wildman–Crippen LogP) is 5.93. The first kappa shape index (κ1) is 26.1. The number of para-hydroxylation sites is 2. The first-order valence-corrected chi connectivity index (χ1v) is 14.3. The topological polar surface area (TPSA) is 67.7 Å². The number of anilines is 1. The van der Waals surface area contributed by atoms with E-state index in [9.17, 15) is 9.59 Å². The van der Waals surface area contributed by atoms with E-state index < -0.39 is 0 Å². The van der Waals surface area contributed by atoms with Crippen molar-refractivity contribution in [2.75, 3.05) is 18.6 Å². The Morgan fingerprint density at radius 1 is 0.975 bits per heavy atom. The summed E-state index contributed by atoms with van der Waals surface area (Å²) in [5, 5.41) is 0. The molecule has 206 valence electrons. The minimum Gasteiger partial charge on any atom is -0.497 e. The van der Waals surface area contributed by atoms with Crippen LogP contribution in [0.2, 0.25) is 0 Å². The first-order valence-electron chi connectivity index (χ1n) is 14.3. The molecule has 7 heteroatoms. The van der Waals surface area contributed by atoms with Gasteiger partial charge in [-0.1, -0.05) is 67.8 Å². The highest BCUT2D eigenvalue weighted by molar-refractivity contribution is 5.96. The van der Waals surface area contributed by atoms with Gasteiger partial charge in [0.1, 0.15) is 18.1 Å². The van der Waals surface area contributed by atoms with Gasteiger partial charge in [-0.2, -0.15) is 0 Å². The van der Waals surface area contributed by atoms with Crippen LogP contribution in [0, 0.1) is 0 Å². The fourth-order valence-electron chi connectivity index (χ4n) is 6.30. The number of ether oxygens (including phenoxy) is 1. The molecular formula is C33H36N4O3. The highest BCUT2D eigenvalue weighted by Crippen LogP contribution is 2.35. The SMILES string of the molecule is COc1cccc(N2CC(c3nc4ccccc4n3CC(=O)N(Cc3ccccc3)C3CCCCC3)CC2=O)c1. The van der Waals surface area contributed by atoms with Crippen LogP contribution in [-0.4, -0.2) is 46.0 Å². The molecule has 1 aromatic heterocycles. The zero-order valence-corrected chi connectivity index (χ0v) is 23.0. The average Bonchev–Trinajstić information content (AvgIpc) is 3.57. The van der Waals surface area contributed by atoms with Crippen LogP contribution in [-0.2, 0) is 22.7 Å². The maximum absolute atomic E-state index is 14.1. The van der Waals surface area contributed by atoms with E-state index in [-0.39, 0.29) is 30.3 Å². The number of fused-ring (bicyclic) bond motifs is 1. The summed E-state index contributed by atoms with van der Waals surface area (Å²) in [6, 6.07) is 26.1. The van der Waals surface area contributed by atoms with Gasteiger partial charge in [0.05, 0.1) is 18.1 Å². The summed E-state index contributed by atoms with van der Waals surface area (Å²) in [6.45, 7) is 1.33. The van der Waals surface area contributed by atoms with Crippen molar-refractivity contribution in [1.82, 2.24) is 14.5 Å². The van der Waals surface area contributed by atoms with Gasteiger partial charge in [0.15, 0.2) is 0 Å². The Labute approximate surface area is 235 Å². The van der Waals surface area contributed by atoms with Crippen molar-refractivity contribution in [3.63, 3.8) is 0 Å². The lowest BCUT2D eigenvalue weighted by Gasteiger charge is -2.35. The summed E-state index contributed by atoms with van der Waals surface area (Å²) < 4.78 is 7.44. The van der Waals surface area contributed by atoms with Crippen LogP contribution in [0.15, 0.2) is 78.9 Å². The number of rotatable bonds is 8. The monoisotopic (exact) mass is 536 g/mol. The van der Waals surface area contributed by atoms with Crippen molar-refractivity contribution >= 4 is 28.5 Å². The van der Waals surface area contributed by atoms with Gasteiger partial charge in [0.25, 0.3) is 0 Å². The number of hydrogen-bond donors (Lipinski definition) is 0. The van der Waals surface area contributed by atoms with Crippen molar-refractivity contribution in [3.8, 4) is 5.75 Å². The van der Waals surface area contributed by atoms with E-state index in [1.54, 1.807) is 7.11 Å². The van der Waals surface area contributed by atoms with E-state index in [1.807, 2.05) is 71.6 Å². The van der Waals surface area contributed by atoms with Crippen molar-refractivity contribution in [2.45, 2.75) is 63.6 Å². The molecule has 1 saturated carbocycles. The second-order valence-corrected chi connectivity index (χ2v) is 11.0. The molecule has 1 aliphatic carbocycles. The van der Waals surface area contributed by atoms with E-state index >= 15 is 0 Å². The third-order valence-corrected chi connectivity index (χ3v) is 8.36. The molecule has 6 rings (SSSR count). The van der Waals surface area contributed by atoms with Crippen molar-refractivity contribution in [2.24, 2.45) is 0 Å². The molecule has 7 nitrogen and oxygen atoms in total. The molecule has 1 saturated heterocycles. The number of amides is 2. The molecule has 40 heavy (non-hydrogen) atoms.